The minimum atomic E-state index is -0.241. The van der Waals surface area contributed by atoms with Crippen LogP contribution in [-0.2, 0) is 5.41 Å². The monoisotopic (exact) mass is 377 g/mol. The van der Waals surface area contributed by atoms with Gasteiger partial charge >= 0.3 is 0 Å². The van der Waals surface area contributed by atoms with Crippen molar-refractivity contribution in [2.75, 3.05) is 0 Å². The summed E-state index contributed by atoms with van der Waals surface area (Å²) in [6.07, 6.45) is 1.65. The van der Waals surface area contributed by atoms with Gasteiger partial charge in [-0.15, -0.1) is 11.3 Å². The number of aromatic nitrogens is 1. The summed E-state index contributed by atoms with van der Waals surface area (Å²) in [7, 11) is 0. The molecule has 1 heterocycles. The maximum Gasteiger partial charge on any atom is 0.283 e. The molecule has 0 atom stereocenters. The third-order valence-corrected chi connectivity index (χ3v) is 5.39. The Labute approximate surface area is 164 Å². The highest BCUT2D eigenvalue weighted by atomic mass is 32.1. The van der Waals surface area contributed by atoms with Crippen molar-refractivity contribution in [3.63, 3.8) is 0 Å². The van der Waals surface area contributed by atoms with E-state index >= 15 is 0 Å². The Hall–Kier alpha value is -2.79. The van der Waals surface area contributed by atoms with E-state index in [0.29, 0.717) is 10.6 Å². The van der Waals surface area contributed by atoms with E-state index in [1.165, 1.54) is 16.9 Å². The number of benzene rings is 2. The molecular weight excluding hydrogens is 354 g/mol. The van der Waals surface area contributed by atoms with Crippen LogP contribution in [0.15, 0.2) is 59.7 Å². The van der Waals surface area contributed by atoms with Gasteiger partial charge < -0.3 is 0 Å². The summed E-state index contributed by atoms with van der Waals surface area (Å²) in [5.74, 6) is -0.241. The first-order valence-electron chi connectivity index (χ1n) is 8.81. The second kappa shape index (κ2) is 7.84. The Balaban J connectivity index is 1.67. The summed E-state index contributed by atoms with van der Waals surface area (Å²) in [6.45, 7) is 8.37. The van der Waals surface area contributed by atoms with E-state index in [2.05, 4.69) is 48.4 Å². The Morgan fingerprint density at radius 3 is 2.37 bits per heavy atom. The molecule has 0 aliphatic heterocycles. The number of aryl methyl sites for hydroxylation is 1. The van der Waals surface area contributed by atoms with Crippen molar-refractivity contribution in [3.05, 3.63) is 76.3 Å². The van der Waals surface area contributed by atoms with Crippen LogP contribution in [0.5, 0.6) is 0 Å². The van der Waals surface area contributed by atoms with Gasteiger partial charge in [0.2, 0.25) is 0 Å². The van der Waals surface area contributed by atoms with E-state index in [4.69, 9.17) is 0 Å². The maximum absolute atomic E-state index is 12.4. The highest BCUT2D eigenvalue weighted by Gasteiger charge is 2.16. The molecule has 27 heavy (non-hydrogen) atoms. The predicted octanol–water partition coefficient (Wildman–Crippen LogP) is 5.18. The van der Waals surface area contributed by atoms with Gasteiger partial charge in [0.25, 0.3) is 5.91 Å². The summed E-state index contributed by atoms with van der Waals surface area (Å²) in [5, 5.41) is 4.92. The number of nitrogens with one attached hydrogen (secondary N) is 1. The molecule has 1 amide bonds. The Morgan fingerprint density at radius 2 is 1.74 bits per heavy atom. The molecular formula is C22H23N3OS. The van der Waals surface area contributed by atoms with Crippen LogP contribution in [0.2, 0.25) is 0 Å². The van der Waals surface area contributed by atoms with Crippen LogP contribution < -0.4 is 5.43 Å². The lowest BCUT2D eigenvalue weighted by Gasteiger charge is -2.18. The van der Waals surface area contributed by atoms with Gasteiger partial charge in [0, 0.05) is 5.56 Å². The van der Waals surface area contributed by atoms with E-state index < -0.39 is 0 Å². The van der Waals surface area contributed by atoms with Crippen LogP contribution in [0, 0.1) is 6.92 Å². The van der Waals surface area contributed by atoms with Crippen molar-refractivity contribution in [2.45, 2.75) is 33.1 Å². The lowest BCUT2D eigenvalue weighted by atomic mass is 9.87. The summed E-state index contributed by atoms with van der Waals surface area (Å²) >= 11 is 1.37. The smallest absolute Gasteiger partial charge is 0.266 e. The number of amides is 1. The van der Waals surface area contributed by atoms with Gasteiger partial charge in [0.15, 0.2) is 0 Å². The maximum atomic E-state index is 12.4. The quantitative estimate of drug-likeness (QED) is 0.503. The van der Waals surface area contributed by atoms with Crippen LogP contribution in [-0.4, -0.2) is 17.1 Å². The zero-order valence-electron chi connectivity index (χ0n) is 16.0. The third kappa shape index (κ3) is 4.68. The summed E-state index contributed by atoms with van der Waals surface area (Å²) in [5.41, 5.74) is 6.63. The Bertz CT molecular complexity index is 951. The van der Waals surface area contributed by atoms with Crippen molar-refractivity contribution in [2.24, 2.45) is 5.10 Å². The number of carbonyl (C=O) groups is 1. The number of hydrazone groups is 1. The predicted molar refractivity (Wildman–Crippen MR) is 112 cm³/mol. The first-order valence-corrected chi connectivity index (χ1v) is 9.63. The lowest BCUT2D eigenvalue weighted by molar-refractivity contribution is 0.0958. The Kier molecular flexibility index (Phi) is 5.51. The molecule has 0 saturated heterocycles. The Morgan fingerprint density at radius 1 is 1.07 bits per heavy atom. The highest BCUT2D eigenvalue weighted by molar-refractivity contribution is 7.17. The molecule has 5 heteroatoms. The van der Waals surface area contributed by atoms with Crippen molar-refractivity contribution in [1.82, 2.24) is 10.4 Å². The fourth-order valence-electron chi connectivity index (χ4n) is 2.60. The normalized spacial score (nSPS) is 11.7. The van der Waals surface area contributed by atoms with Crippen LogP contribution in [0.3, 0.4) is 0 Å². The minimum absolute atomic E-state index is 0.115. The number of hydrogen-bond donors (Lipinski definition) is 1. The second-order valence-electron chi connectivity index (χ2n) is 7.37. The van der Waals surface area contributed by atoms with Crippen molar-refractivity contribution < 1.29 is 4.79 Å². The van der Waals surface area contributed by atoms with E-state index in [1.54, 1.807) is 6.21 Å². The number of carbonyl (C=O) groups excluding carboxylic acids is 1. The van der Waals surface area contributed by atoms with Crippen LogP contribution in [0.4, 0.5) is 0 Å². The van der Waals surface area contributed by atoms with Gasteiger partial charge in [-0.2, -0.15) is 5.10 Å². The third-order valence-electron chi connectivity index (χ3n) is 4.18. The minimum Gasteiger partial charge on any atom is -0.266 e. The molecule has 3 rings (SSSR count). The number of nitrogens with zero attached hydrogens (tertiary/aromatic N) is 2. The molecule has 1 aromatic heterocycles. The highest BCUT2D eigenvalue weighted by Crippen LogP contribution is 2.27. The molecule has 0 saturated carbocycles. The average molecular weight is 378 g/mol. The van der Waals surface area contributed by atoms with Gasteiger partial charge in [-0.1, -0.05) is 75.4 Å². The fraction of sp³-hybridized carbons (Fsp3) is 0.227. The number of thiazole rings is 1. The standard InChI is InChI=1S/C22H23N3OS/c1-15-19(27-21(24-15)17-8-6-5-7-9-17)20(26)25-23-14-16-10-12-18(13-11-16)22(2,3)4/h5-14H,1-4H3,(H,25,26)/b23-14+. The lowest BCUT2D eigenvalue weighted by Crippen LogP contribution is -2.17. The van der Waals surface area contributed by atoms with Crippen molar-refractivity contribution >= 4 is 23.5 Å². The van der Waals surface area contributed by atoms with Gasteiger partial charge in [-0.05, 0) is 23.5 Å². The fourth-order valence-corrected chi connectivity index (χ4v) is 3.56. The van der Waals surface area contributed by atoms with Gasteiger partial charge in [-0.3, -0.25) is 4.79 Å². The SMILES string of the molecule is Cc1nc(-c2ccccc2)sc1C(=O)N/N=C/c1ccc(C(C)(C)C)cc1. The van der Waals surface area contributed by atoms with Crippen molar-refractivity contribution in [1.29, 1.82) is 0 Å². The van der Waals surface area contributed by atoms with Crippen LogP contribution in [0.25, 0.3) is 10.6 Å². The first-order chi connectivity index (χ1) is 12.8. The van der Waals surface area contributed by atoms with Gasteiger partial charge in [-0.25, -0.2) is 10.4 Å². The van der Waals surface area contributed by atoms with E-state index in [1.807, 2.05) is 49.4 Å². The topological polar surface area (TPSA) is 54.4 Å². The molecule has 3 aromatic rings. The molecule has 0 aliphatic carbocycles. The summed E-state index contributed by atoms with van der Waals surface area (Å²) in [4.78, 5) is 17.5. The zero-order valence-corrected chi connectivity index (χ0v) is 16.8. The van der Waals surface area contributed by atoms with Crippen LogP contribution >= 0.6 is 11.3 Å². The molecule has 2 aromatic carbocycles. The molecule has 0 aliphatic rings. The van der Waals surface area contributed by atoms with E-state index in [0.717, 1.165) is 16.1 Å². The number of hydrogen-bond acceptors (Lipinski definition) is 4. The van der Waals surface area contributed by atoms with Gasteiger partial charge in [0.05, 0.1) is 11.9 Å². The summed E-state index contributed by atoms with van der Waals surface area (Å²) < 4.78 is 0. The second-order valence-corrected chi connectivity index (χ2v) is 8.37. The summed E-state index contributed by atoms with van der Waals surface area (Å²) in [6, 6.07) is 18.0. The molecule has 1 N–H and O–H groups in total. The average Bonchev–Trinajstić information content (AvgIpc) is 3.04. The molecule has 0 radical (unpaired) electrons. The molecule has 138 valence electrons. The molecule has 4 nitrogen and oxygen atoms in total. The first kappa shape index (κ1) is 19.0. The zero-order chi connectivity index (χ0) is 19.4. The van der Waals surface area contributed by atoms with Crippen LogP contribution in [0.1, 0.15) is 47.3 Å². The largest absolute Gasteiger partial charge is 0.283 e. The van der Waals surface area contributed by atoms with Crippen molar-refractivity contribution in [3.8, 4) is 10.6 Å². The van der Waals surface area contributed by atoms with E-state index in [9.17, 15) is 4.79 Å². The molecule has 0 spiro atoms. The number of rotatable bonds is 4. The molecule has 0 bridgehead atoms. The molecule has 0 fully saturated rings. The molecule has 0 unspecified atom stereocenters. The van der Waals surface area contributed by atoms with E-state index in [-0.39, 0.29) is 11.3 Å². The van der Waals surface area contributed by atoms with Gasteiger partial charge in [0.1, 0.15) is 9.88 Å².